The SMILES string of the molecule is O=C(c1cnc(C2CC2)nc1)N1CCCC(c2ccnc(=O)[nH]2)C1. The van der Waals surface area contributed by atoms with Gasteiger partial charge in [0.1, 0.15) is 5.82 Å². The molecule has 1 saturated heterocycles. The predicted octanol–water partition coefficient (Wildman–Crippen LogP) is 1.46. The normalized spacial score (nSPS) is 20.8. The highest BCUT2D eigenvalue weighted by Gasteiger charge is 2.28. The quantitative estimate of drug-likeness (QED) is 0.922. The number of hydrogen-bond donors (Lipinski definition) is 1. The Morgan fingerprint density at radius 2 is 1.92 bits per heavy atom. The van der Waals surface area contributed by atoms with Gasteiger partial charge in [0.25, 0.3) is 5.91 Å². The van der Waals surface area contributed by atoms with Crippen molar-refractivity contribution >= 4 is 5.91 Å². The Balaban J connectivity index is 1.48. The zero-order valence-electron chi connectivity index (χ0n) is 13.3. The molecule has 4 rings (SSSR count). The van der Waals surface area contributed by atoms with Crippen LogP contribution in [0.15, 0.2) is 29.5 Å². The molecule has 1 aliphatic heterocycles. The van der Waals surface area contributed by atoms with Crippen LogP contribution in [0.25, 0.3) is 0 Å². The molecule has 1 amide bonds. The lowest BCUT2D eigenvalue weighted by Crippen LogP contribution is -2.39. The highest BCUT2D eigenvalue weighted by Crippen LogP contribution is 2.37. The average Bonchev–Trinajstić information content (AvgIpc) is 3.47. The number of hydrogen-bond acceptors (Lipinski definition) is 5. The maximum atomic E-state index is 12.7. The largest absolute Gasteiger partial charge is 0.345 e. The summed E-state index contributed by atoms with van der Waals surface area (Å²) >= 11 is 0. The Bertz CT molecular complexity index is 797. The molecule has 1 atom stereocenters. The number of piperidine rings is 1. The molecule has 2 fully saturated rings. The summed E-state index contributed by atoms with van der Waals surface area (Å²) < 4.78 is 0. The van der Waals surface area contributed by atoms with Gasteiger partial charge in [0.2, 0.25) is 0 Å². The molecule has 1 aliphatic carbocycles. The van der Waals surface area contributed by atoms with Gasteiger partial charge >= 0.3 is 5.69 Å². The number of carbonyl (C=O) groups excluding carboxylic acids is 1. The summed E-state index contributed by atoms with van der Waals surface area (Å²) in [7, 11) is 0. The van der Waals surface area contributed by atoms with Crippen molar-refractivity contribution in [3.8, 4) is 0 Å². The van der Waals surface area contributed by atoms with E-state index in [0.29, 0.717) is 18.0 Å². The summed E-state index contributed by atoms with van der Waals surface area (Å²) in [5.41, 5.74) is 1.02. The zero-order chi connectivity index (χ0) is 16.5. The first kappa shape index (κ1) is 15.0. The molecule has 0 bridgehead atoms. The van der Waals surface area contributed by atoms with Crippen molar-refractivity contribution < 1.29 is 4.79 Å². The third kappa shape index (κ3) is 3.06. The first-order valence-electron chi connectivity index (χ1n) is 8.37. The molecule has 2 aliphatic rings. The van der Waals surface area contributed by atoms with Crippen LogP contribution < -0.4 is 5.69 Å². The summed E-state index contributed by atoms with van der Waals surface area (Å²) in [5, 5.41) is 0. The maximum Gasteiger partial charge on any atom is 0.345 e. The minimum absolute atomic E-state index is 0.0431. The van der Waals surface area contributed by atoms with E-state index in [-0.39, 0.29) is 17.5 Å². The molecular formula is C17H19N5O2. The van der Waals surface area contributed by atoms with Gasteiger partial charge in [0.05, 0.1) is 5.56 Å². The first-order chi connectivity index (χ1) is 11.7. The maximum absolute atomic E-state index is 12.7. The van der Waals surface area contributed by atoms with Gasteiger partial charge in [-0.05, 0) is 31.7 Å². The summed E-state index contributed by atoms with van der Waals surface area (Å²) in [6.07, 6.45) is 8.93. The summed E-state index contributed by atoms with van der Waals surface area (Å²) in [4.78, 5) is 41.0. The van der Waals surface area contributed by atoms with Crippen LogP contribution in [0.4, 0.5) is 0 Å². The minimum Gasteiger partial charge on any atom is -0.338 e. The summed E-state index contributed by atoms with van der Waals surface area (Å²) in [6.45, 7) is 1.30. The van der Waals surface area contributed by atoms with Crippen molar-refractivity contribution in [3.63, 3.8) is 0 Å². The summed E-state index contributed by atoms with van der Waals surface area (Å²) in [5.74, 6) is 1.41. The van der Waals surface area contributed by atoms with Crippen LogP contribution in [0.1, 0.15) is 59.4 Å². The monoisotopic (exact) mass is 325 g/mol. The van der Waals surface area contributed by atoms with Gasteiger partial charge in [-0.15, -0.1) is 0 Å². The molecule has 124 valence electrons. The highest BCUT2D eigenvalue weighted by atomic mass is 16.2. The number of nitrogens with one attached hydrogen (secondary N) is 1. The van der Waals surface area contributed by atoms with Crippen LogP contribution in [0.2, 0.25) is 0 Å². The minimum atomic E-state index is -0.347. The fourth-order valence-corrected chi connectivity index (χ4v) is 3.22. The van der Waals surface area contributed by atoms with E-state index in [1.165, 1.54) is 6.20 Å². The van der Waals surface area contributed by atoms with E-state index in [9.17, 15) is 9.59 Å². The van der Waals surface area contributed by atoms with Gasteiger partial charge in [-0.1, -0.05) is 0 Å². The molecule has 0 spiro atoms. The number of H-pyrrole nitrogens is 1. The first-order valence-corrected chi connectivity index (χ1v) is 8.37. The third-order valence-corrected chi connectivity index (χ3v) is 4.71. The molecule has 2 aromatic rings. The second kappa shape index (κ2) is 6.14. The molecule has 0 radical (unpaired) electrons. The molecule has 3 heterocycles. The van der Waals surface area contributed by atoms with Crippen molar-refractivity contribution in [2.75, 3.05) is 13.1 Å². The van der Waals surface area contributed by atoms with Gasteiger partial charge in [-0.2, -0.15) is 0 Å². The van der Waals surface area contributed by atoms with Crippen LogP contribution in [-0.2, 0) is 0 Å². The Hall–Kier alpha value is -2.57. The van der Waals surface area contributed by atoms with Crippen LogP contribution in [-0.4, -0.2) is 43.8 Å². The van der Waals surface area contributed by atoms with Gasteiger partial charge in [-0.25, -0.2) is 19.7 Å². The lowest BCUT2D eigenvalue weighted by Gasteiger charge is -2.32. The number of aromatic nitrogens is 4. The number of likely N-dealkylation sites (tertiary alicyclic amines) is 1. The van der Waals surface area contributed by atoms with Crippen molar-refractivity contribution in [2.24, 2.45) is 0 Å². The lowest BCUT2D eigenvalue weighted by atomic mass is 9.94. The van der Waals surface area contributed by atoms with Crippen molar-refractivity contribution in [1.29, 1.82) is 0 Å². The number of nitrogens with zero attached hydrogens (tertiary/aromatic N) is 4. The van der Waals surface area contributed by atoms with Gasteiger partial charge < -0.3 is 9.88 Å². The molecule has 1 saturated carbocycles. The fraction of sp³-hybridized carbons (Fsp3) is 0.471. The fourth-order valence-electron chi connectivity index (χ4n) is 3.22. The molecule has 7 heteroatoms. The van der Waals surface area contributed by atoms with Crippen LogP contribution in [0.3, 0.4) is 0 Å². The Morgan fingerprint density at radius 3 is 2.62 bits per heavy atom. The van der Waals surface area contributed by atoms with E-state index < -0.39 is 0 Å². The van der Waals surface area contributed by atoms with Crippen LogP contribution in [0, 0.1) is 0 Å². The van der Waals surface area contributed by atoms with Crippen LogP contribution in [0.5, 0.6) is 0 Å². The molecule has 0 aromatic carbocycles. The Labute approximate surface area is 139 Å². The van der Waals surface area contributed by atoms with E-state index in [1.807, 2.05) is 11.0 Å². The average molecular weight is 325 g/mol. The van der Waals surface area contributed by atoms with Gasteiger partial charge in [-0.3, -0.25) is 4.79 Å². The number of amides is 1. The Morgan fingerprint density at radius 1 is 1.12 bits per heavy atom. The van der Waals surface area contributed by atoms with E-state index in [1.54, 1.807) is 12.4 Å². The highest BCUT2D eigenvalue weighted by molar-refractivity contribution is 5.93. The topological polar surface area (TPSA) is 91.8 Å². The van der Waals surface area contributed by atoms with E-state index >= 15 is 0 Å². The lowest BCUT2D eigenvalue weighted by molar-refractivity contribution is 0.0705. The molecule has 1 N–H and O–H groups in total. The van der Waals surface area contributed by atoms with Gasteiger partial charge in [0, 0.05) is 49.2 Å². The zero-order valence-corrected chi connectivity index (χ0v) is 13.3. The van der Waals surface area contributed by atoms with E-state index in [2.05, 4.69) is 19.9 Å². The second-order valence-corrected chi connectivity index (χ2v) is 6.52. The molecule has 7 nitrogen and oxygen atoms in total. The molecule has 2 aromatic heterocycles. The van der Waals surface area contributed by atoms with Crippen molar-refractivity contribution in [1.82, 2.24) is 24.8 Å². The number of rotatable bonds is 3. The van der Waals surface area contributed by atoms with Crippen molar-refractivity contribution in [3.05, 3.63) is 52.2 Å². The van der Waals surface area contributed by atoms with E-state index in [0.717, 1.165) is 43.7 Å². The molecule has 1 unspecified atom stereocenters. The smallest absolute Gasteiger partial charge is 0.338 e. The summed E-state index contributed by atoms with van der Waals surface area (Å²) in [6, 6.07) is 1.81. The predicted molar refractivity (Wildman–Crippen MR) is 86.7 cm³/mol. The number of aromatic amines is 1. The van der Waals surface area contributed by atoms with E-state index in [4.69, 9.17) is 0 Å². The second-order valence-electron chi connectivity index (χ2n) is 6.52. The number of carbonyl (C=O) groups is 1. The molecule has 24 heavy (non-hydrogen) atoms. The molecular weight excluding hydrogens is 306 g/mol. The Kier molecular flexibility index (Phi) is 3.84. The van der Waals surface area contributed by atoms with Gasteiger partial charge in [0.15, 0.2) is 0 Å². The van der Waals surface area contributed by atoms with Crippen LogP contribution >= 0.6 is 0 Å². The van der Waals surface area contributed by atoms with Crippen molar-refractivity contribution in [2.45, 2.75) is 37.5 Å². The standard InChI is InChI=1S/C17H19N5O2/c23-16(13-8-19-15(20-9-13)11-3-4-11)22-7-1-2-12(10-22)14-5-6-18-17(24)21-14/h5-6,8-9,11-12H,1-4,7,10H2,(H,18,21,24). The third-order valence-electron chi connectivity index (χ3n) is 4.71.